The van der Waals surface area contributed by atoms with E-state index in [2.05, 4.69) is 15.5 Å². The van der Waals surface area contributed by atoms with Gasteiger partial charge in [-0.3, -0.25) is 4.79 Å². The van der Waals surface area contributed by atoms with Crippen LogP contribution < -0.4 is 10.1 Å². The van der Waals surface area contributed by atoms with Crippen molar-refractivity contribution in [1.82, 2.24) is 14.8 Å². The number of amides is 1. The van der Waals surface area contributed by atoms with Gasteiger partial charge >= 0.3 is 0 Å². The van der Waals surface area contributed by atoms with Crippen LogP contribution in [-0.4, -0.2) is 33.5 Å². The van der Waals surface area contributed by atoms with Gasteiger partial charge in [0, 0.05) is 12.2 Å². The van der Waals surface area contributed by atoms with E-state index >= 15 is 0 Å². The summed E-state index contributed by atoms with van der Waals surface area (Å²) in [6.45, 7) is 4.31. The van der Waals surface area contributed by atoms with E-state index < -0.39 is 0 Å². The molecule has 28 heavy (non-hydrogen) atoms. The molecule has 1 N–H and O–H groups in total. The van der Waals surface area contributed by atoms with Crippen molar-refractivity contribution in [2.75, 3.05) is 18.2 Å². The Morgan fingerprint density at radius 1 is 1.25 bits per heavy atom. The number of hydrogen-bond acceptors (Lipinski definition) is 5. The van der Waals surface area contributed by atoms with E-state index in [4.69, 9.17) is 4.74 Å². The number of rotatable bonds is 7. The van der Waals surface area contributed by atoms with Crippen molar-refractivity contribution in [1.29, 1.82) is 0 Å². The highest BCUT2D eigenvalue weighted by Gasteiger charge is 2.17. The molecule has 0 saturated carbocycles. The molecular formula is C20H21FN4O2S. The molecular weight excluding hydrogens is 379 g/mol. The molecule has 6 nitrogen and oxygen atoms in total. The number of nitrogens with zero attached hydrogens (tertiary/aromatic N) is 3. The minimum atomic E-state index is -0.349. The van der Waals surface area contributed by atoms with Gasteiger partial charge in [0.15, 0.2) is 11.0 Å². The maximum absolute atomic E-state index is 13.6. The van der Waals surface area contributed by atoms with Gasteiger partial charge in [0.2, 0.25) is 5.91 Å². The molecule has 1 amide bonds. The summed E-state index contributed by atoms with van der Waals surface area (Å²) >= 11 is 1.28. The minimum absolute atomic E-state index is 0.138. The van der Waals surface area contributed by atoms with Gasteiger partial charge < -0.3 is 14.6 Å². The van der Waals surface area contributed by atoms with Crippen LogP contribution in [0.4, 0.5) is 10.1 Å². The number of hydrogen-bond donors (Lipinski definition) is 1. The maximum atomic E-state index is 13.6. The number of benzene rings is 2. The number of ether oxygens (including phenoxy) is 1. The molecule has 0 aliphatic carbocycles. The van der Waals surface area contributed by atoms with Crippen LogP contribution in [0.25, 0.3) is 11.4 Å². The summed E-state index contributed by atoms with van der Waals surface area (Å²) in [4.78, 5) is 12.2. The lowest BCUT2D eigenvalue weighted by Gasteiger charge is -2.10. The average Bonchev–Trinajstić information content (AvgIpc) is 3.12. The lowest BCUT2D eigenvalue weighted by atomic mass is 10.2. The van der Waals surface area contributed by atoms with Crippen molar-refractivity contribution in [3.05, 3.63) is 53.8 Å². The fourth-order valence-electron chi connectivity index (χ4n) is 2.71. The average molecular weight is 400 g/mol. The Labute approximate surface area is 167 Å². The van der Waals surface area contributed by atoms with Crippen LogP contribution in [0.1, 0.15) is 12.5 Å². The van der Waals surface area contributed by atoms with E-state index in [1.165, 1.54) is 17.8 Å². The Balaban J connectivity index is 1.72. The van der Waals surface area contributed by atoms with Crippen molar-refractivity contribution >= 4 is 23.4 Å². The van der Waals surface area contributed by atoms with Crippen LogP contribution in [0.2, 0.25) is 0 Å². The van der Waals surface area contributed by atoms with Crippen LogP contribution in [0.5, 0.6) is 5.75 Å². The minimum Gasteiger partial charge on any atom is -0.496 e. The summed E-state index contributed by atoms with van der Waals surface area (Å²) in [6.07, 6.45) is 0. The van der Waals surface area contributed by atoms with Gasteiger partial charge in [-0.25, -0.2) is 4.39 Å². The monoisotopic (exact) mass is 400 g/mol. The third-order valence-electron chi connectivity index (χ3n) is 4.17. The number of nitrogens with one attached hydrogen (secondary N) is 1. The summed E-state index contributed by atoms with van der Waals surface area (Å²) in [6, 6.07) is 12.2. The van der Waals surface area contributed by atoms with Gasteiger partial charge in [0.05, 0.1) is 18.4 Å². The molecule has 8 heteroatoms. The molecule has 1 heterocycles. The van der Waals surface area contributed by atoms with Crippen molar-refractivity contribution < 1.29 is 13.9 Å². The quantitative estimate of drug-likeness (QED) is 0.604. The Kier molecular flexibility index (Phi) is 6.30. The molecule has 2 aromatic carbocycles. The molecule has 0 aliphatic heterocycles. The highest BCUT2D eigenvalue weighted by Crippen LogP contribution is 2.30. The third-order valence-corrected chi connectivity index (χ3v) is 5.14. The summed E-state index contributed by atoms with van der Waals surface area (Å²) in [5.41, 5.74) is 1.80. The number of methoxy groups -OCH3 is 1. The number of para-hydroxylation sites is 1. The lowest BCUT2D eigenvalue weighted by molar-refractivity contribution is -0.113. The molecule has 0 bridgehead atoms. The number of aromatic nitrogens is 3. The lowest BCUT2D eigenvalue weighted by Crippen LogP contribution is -2.15. The van der Waals surface area contributed by atoms with E-state index in [-0.39, 0.29) is 17.5 Å². The number of aryl methyl sites for hydroxylation is 1. The number of thioether (sulfide) groups is 1. The van der Waals surface area contributed by atoms with Gasteiger partial charge in [0.25, 0.3) is 0 Å². The van der Waals surface area contributed by atoms with E-state index in [0.29, 0.717) is 34.5 Å². The van der Waals surface area contributed by atoms with Gasteiger partial charge in [-0.2, -0.15) is 0 Å². The zero-order valence-electron chi connectivity index (χ0n) is 15.9. The number of anilines is 1. The van der Waals surface area contributed by atoms with Crippen LogP contribution in [0.3, 0.4) is 0 Å². The van der Waals surface area contributed by atoms with Crippen LogP contribution in [0, 0.1) is 12.7 Å². The molecule has 0 radical (unpaired) electrons. The molecule has 3 aromatic rings. The molecule has 0 aliphatic rings. The molecule has 146 valence electrons. The summed E-state index contributed by atoms with van der Waals surface area (Å²) in [7, 11) is 1.61. The molecule has 0 atom stereocenters. The first-order valence-corrected chi connectivity index (χ1v) is 9.77. The fourth-order valence-corrected chi connectivity index (χ4v) is 3.51. The highest BCUT2D eigenvalue weighted by atomic mass is 32.2. The van der Waals surface area contributed by atoms with E-state index in [1.54, 1.807) is 26.2 Å². The fraction of sp³-hybridized carbons (Fsp3) is 0.250. The van der Waals surface area contributed by atoms with E-state index in [0.717, 1.165) is 5.56 Å². The van der Waals surface area contributed by atoms with Gasteiger partial charge in [0.1, 0.15) is 11.6 Å². The molecule has 0 saturated heterocycles. The Morgan fingerprint density at radius 3 is 2.75 bits per heavy atom. The summed E-state index contributed by atoms with van der Waals surface area (Å²) in [5, 5.41) is 11.8. The number of carbonyl (C=O) groups excluding carboxylic acids is 1. The molecule has 0 unspecified atom stereocenters. The second-order valence-corrected chi connectivity index (χ2v) is 6.99. The first-order valence-electron chi connectivity index (χ1n) is 8.78. The predicted octanol–water partition coefficient (Wildman–Crippen LogP) is 4.15. The smallest absolute Gasteiger partial charge is 0.234 e. The van der Waals surface area contributed by atoms with Crippen LogP contribution >= 0.6 is 11.8 Å². The molecule has 0 fully saturated rings. The first-order chi connectivity index (χ1) is 13.5. The van der Waals surface area contributed by atoms with E-state index in [1.807, 2.05) is 35.8 Å². The Morgan fingerprint density at radius 2 is 2.04 bits per heavy atom. The predicted molar refractivity (Wildman–Crippen MR) is 108 cm³/mol. The van der Waals surface area contributed by atoms with Crippen molar-refractivity contribution in [3.63, 3.8) is 0 Å². The number of carbonyl (C=O) groups is 1. The van der Waals surface area contributed by atoms with Crippen LogP contribution in [-0.2, 0) is 11.3 Å². The topological polar surface area (TPSA) is 69.0 Å². The highest BCUT2D eigenvalue weighted by molar-refractivity contribution is 7.99. The van der Waals surface area contributed by atoms with E-state index in [9.17, 15) is 9.18 Å². The number of halogens is 1. The molecule has 1 aromatic heterocycles. The zero-order chi connectivity index (χ0) is 20.1. The second kappa shape index (κ2) is 8.88. The van der Waals surface area contributed by atoms with Crippen molar-refractivity contribution in [3.8, 4) is 17.1 Å². The Hall–Kier alpha value is -2.87. The van der Waals surface area contributed by atoms with Gasteiger partial charge in [-0.1, -0.05) is 30.0 Å². The Bertz CT molecular complexity index is 990. The first kappa shape index (κ1) is 19.9. The van der Waals surface area contributed by atoms with Gasteiger partial charge in [-0.15, -0.1) is 10.2 Å². The standard InChI is InChI=1S/C20H21FN4O2S/c1-4-25-19(15-7-5-6-8-17(15)27-3)23-24-20(25)28-12-18(26)22-14-10-9-13(2)16(21)11-14/h5-11H,4,12H2,1-3H3,(H,22,26). The SMILES string of the molecule is CCn1c(SCC(=O)Nc2ccc(C)c(F)c2)nnc1-c1ccccc1OC. The molecule has 3 rings (SSSR count). The largest absolute Gasteiger partial charge is 0.496 e. The molecule has 0 spiro atoms. The third kappa shape index (κ3) is 4.33. The van der Waals surface area contributed by atoms with Crippen LogP contribution in [0.15, 0.2) is 47.6 Å². The summed E-state index contributed by atoms with van der Waals surface area (Å²) < 4.78 is 21.0. The second-order valence-electron chi connectivity index (χ2n) is 6.05. The van der Waals surface area contributed by atoms with Crippen molar-refractivity contribution in [2.45, 2.75) is 25.5 Å². The van der Waals surface area contributed by atoms with Gasteiger partial charge in [-0.05, 0) is 43.7 Å². The summed E-state index contributed by atoms with van der Waals surface area (Å²) in [5.74, 6) is 0.943. The normalized spacial score (nSPS) is 10.7. The van der Waals surface area contributed by atoms with Crippen molar-refractivity contribution in [2.24, 2.45) is 0 Å². The maximum Gasteiger partial charge on any atom is 0.234 e. The zero-order valence-corrected chi connectivity index (χ0v) is 16.7.